The van der Waals surface area contributed by atoms with Gasteiger partial charge in [0.2, 0.25) is 17.2 Å². The molecule has 1 radical (unpaired) electrons. The minimum Gasteiger partial charge on any atom is -0.571 e. The van der Waals surface area contributed by atoms with E-state index in [9.17, 15) is 86.2 Å². The van der Waals surface area contributed by atoms with Gasteiger partial charge in [-0.05, 0) is 77.7 Å². The molecular formula is C42H36ClCu2N12O19S5. The van der Waals surface area contributed by atoms with Crippen LogP contribution in [0.1, 0.15) is 15.9 Å². The number of amidine groups is 1. The van der Waals surface area contributed by atoms with Crippen LogP contribution in [0.3, 0.4) is 0 Å². The normalized spacial score (nSPS) is 12.7. The summed E-state index contributed by atoms with van der Waals surface area (Å²) in [6.07, 6.45) is 0. The second-order valence-electron chi connectivity index (χ2n) is 15.7. The summed E-state index contributed by atoms with van der Waals surface area (Å²) in [5.74, 6) is -5.84. The van der Waals surface area contributed by atoms with Crippen LogP contribution in [0.2, 0.25) is 5.28 Å². The zero-order chi connectivity index (χ0) is 57.8. The quantitative estimate of drug-likeness (QED) is 0.00403. The topological polar surface area (TPSA) is 507 Å². The minimum atomic E-state index is -5.17. The van der Waals surface area contributed by atoms with Crippen molar-refractivity contribution in [3.8, 4) is 17.2 Å². The van der Waals surface area contributed by atoms with Crippen molar-refractivity contribution in [1.82, 2.24) is 20.3 Å². The molecule has 0 amide bonds. The second kappa shape index (κ2) is 25.8. The van der Waals surface area contributed by atoms with Crippen molar-refractivity contribution in [2.24, 2.45) is 25.6 Å². The minimum absolute atomic E-state index is 0. The Morgan fingerprint density at radius 1 is 0.654 bits per heavy atom. The van der Waals surface area contributed by atoms with E-state index in [0.717, 1.165) is 60.7 Å². The number of aromatic hydroxyl groups is 3. The summed E-state index contributed by atoms with van der Waals surface area (Å²) in [4.78, 5) is 20.2. The molecule has 1 aromatic heterocycles. The first-order chi connectivity index (χ1) is 36.9. The monoisotopic (exact) mass is 1330 g/mol. The van der Waals surface area contributed by atoms with Gasteiger partial charge < -0.3 is 55.2 Å². The van der Waals surface area contributed by atoms with Crippen LogP contribution in [0.5, 0.6) is 17.2 Å². The van der Waals surface area contributed by atoms with Crippen LogP contribution in [0, 0.1) is 0 Å². The molecule has 1 heterocycles. The van der Waals surface area contributed by atoms with Crippen molar-refractivity contribution in [2.75, 3.05) is 29.6 Å². The fourth-order valence-electron chi connectivity index (χ4n) is 6.61. The number of benzene rings is 6. The SMILES string of the molecule is O=C(O)c1ccc(S(O)(O)O)cc1N=N/C(=N\[N-]c1cc(S(=O)(=O)O)cc(Nc2nc(Cl)nc(NCNCCS(=O)(=O)c3ccc(O)c(N=Nc4c(O)c(S(=O)(=O)O)cc5cc(S(=O)(=O)O)ccc45)c3)n2)c1O)c1ccccc1.[Cu+].[Cu]. The van der Waals surface area contributed by atoms with Gasteiger partial charge in [-0.2, -0.15) is 40.2 Å². The van der Waals surface area contributed by atoms with Crippen LogP contribution in [0.15, 0.2) is 153 Å². The summed E-state index contributed by atoms with van der Waals surface area (Å²) in [5.41, 5.74) is 0.805. The van der Waals surface area contributed by atoms with E-state index in [1.54, 1.807) is 18.2 Å². The Morgan fingerprint density at radius 2 is 1.30 bits per heavy atom. The number of fused-ring (bicyclic) bond motifs is 1. The van der Waals surface area contributed by atoms with Crippen molar-refractivity contribution < 1.29 is 120 Å². The number of phenols is 3. The van der Waals surface area contributed by atoms with Gasteiger partial charge in [-0.1, -0.05) is 48.2 Å². The fourth-order valence-corrected chi connectivity index (χ4v) is 10.2. The van der Waals surface area contributed by atoms with Crippen LogP contribution < -0.4 is 16.0 Å². The number of phenolic OH excluding ortho intramolecular Hbond substituents is 3. The van der Waals surface area contributed by atoms with E-state index in [0.29, 0.717) is 12.1 Å². The zero-order valence-electron chi connectivity index (χ0n) is 39.6. The Morgan fingerprint density at radius 3 is 1.94 bits per heavy atom. The van der Waals surface area contributed by atoms with E-state index in [1.165, 1.54) is 12.1 Å². The van der Waals surface area contributed by atoms with E-state index in [2.05, 4.69) is 61.9 Å². The number of nitrogens with one attached hydrogen (secondary N) is 3. The predicted molar refractivity (Wildman–Crippen MR) is 280 cm³/mol. The number of rotatable bonds is 20. The van der Waals surface area contributed by atoms with Crippen LogP contribution >= 0.6 is 22.5 Å². The molecule has 13 N–H and O–H groups in total. The van der Waals surface area contributed by atoms with E-state index in [-0.39, 0.29) is 69.6 Å². The first-order valence-corrected chi connectivity index (χ1v) is 29.1. The summed E-state index contributed by atoms with van der Waals surface area (Å²) >= 11 is 6.12. The third-order valence-electron chi connectivity index (χ3n) is 10.3. The van der Waals surface area contributed by atoms with E-state index in [4.69, 9.17) is 11.6 Å². The summed E-state index contributed by atoms with van der Waals surface area (Å²) in [6.45, 7) is -0.519. The zero-order valence-corrected chi connectivity index (χ0v) is 46.4. The average molecular weight is 1340 g/mol. The number of anilines is 3. The largest absolute Gasteiger partial charge is 1.00 e. The van der Waals surface area contributed by atoms with Gasteiger partial charge in [-0.3, -0.25) is 19.0 Å². The molecule has 31 nitrogen and oxygen atoms in total. The molecule has 0 fully saturated rings. The van der Waals surface area contributed by atoms with E-state index in [1.807, 2.05) is 0 Å². The third-order valence-corrected chi connectivity index (χ3v) is 15.7. The third kappa shape index (κ3) is 16.3. The molecule has 0 aliphatic rings. The Hall–Kier alpha value is -7.07. The standard InChI is InChI=1S/C42H37ClN12O19S5.2Cu/c43-40-47-41(45-20-44-12-13-75(61,62)23-8-11-33(56)30(16-23)51-53-35-27-9-6-24(76(63,64)65)14-22(27)15-34(37(35)58)79(72,73)74)49-42(48-40)46-31-18-26(78(69,70)71)19-32(36(31)57)52-55-38(21-4-2-1-3-5-21)54-50-29-17-25(77(66,67)68)7-10-28(29)39(59)60;;/h1-11,14-19,44H,12-13,20H2,(H13,45,46,47,48,49,50,51,52,53,54,55,56,57,58,59,60,63,64,65,66,67,68,69,70,71,72,73,74);;/q;;+1/p-1. The van der Waals surface area contributed by atoms with Gasteiger partial charge in [0, 0.05) is 34.6 Å². The van der Waals surface area contributed by atoms with Gasteiger partial charge in [0.15, 0.2) is 21.4 Å². The second-order valence-corrected chi connectivity index (χ2v) is 23.9. The number of carboxylic acid groups (broad SMARTS) is 1. The van der Waals surface area contributed by atoms with Gasteiger partial charge in [-0.25, -0.2) is 13.2 Å². The maximum atomic E-state index is 13.4. The van der Waals surface area contributed by atoms with E-state index < -0.39 is 156 Å². The Balaban J connectivity index is 0.00000602. The van der Waals surface area contributed by atoms with Crippen molar-refractivity contribution in [3.05, 3.63) is 125 Å². The maximum absolute atomic E-state index is 13.4. The number of carbonyl (C=O) groups is 1. The molecule has 7 rings (SSSR count). The number of hydrogen-bond donors (Lipinski definition) is 13. The fraction of sp³-hybridized carbons (Fsp3) is 0.0714. The van der Waals surface area contributed by atoms with Crippen molar-refractivity contribution in [1.29, 1.82) is 0 Å². The summed E-state index contributed by atoms with van der Waals surface area (Å²) in [5, 5.41) is 68.6. The molecule has 0 aliphatic carbocycles. The predicted octanol–water partition coefficient (Wildman–Crippen LogP) is 7.55. The summed E-state index contributed by atoms with van der Waals surface area (Å²) in [7, 11) is -23.6. The molecule has 437 valence electrons. The molecule has 7 aromatic rings. The van der Waals surface area contributed by atoms with Gasteiger partial charge in [-0.15, -0.1) is 20.5 Å². The smallest absolute Gasteiger partial charge is 0.571 e. The molecular weight excluding hydrogens is 1300 g/mol. The number of hydrogen-bond acceptors (Lipinski definition) is 25. The molecule has 0 atom stereocenters. The van der Waals surface area contributed by atoms with Gasteiger partial charge in [0.1, 0.15) is 44.3 Å². The summed E-state index contributed by atoms with van der Waals surface area (Å²) < 4.78 is 157. The van der Waals surface area contributed by atoms with E-state index >= 15 is 0 Å². The van der Waals surface area contributed by atoms with Gasteiger partial charge >= 0.3 is 23.0 Å². The van der Waals surface area contributed by atoms with Crippen molar-refractivity contribution in [3.63, 3.8) is 0 Å². The molecule has 0 saturated carbocycles. The molecule has 81 heavy (non-hydrogen) atoms. The number of sulfone groups is 1. The van der Waals surface area contributed by atoms with Crippen LogP contribution in [0.25, 0.3) is 16.2 Å². The molecule has 6 aromatic carbocycles. The maximum Gasteiger partial charge on any atom is 1.00 e. The van der Waals surface area contributed by atoms with Crippen LogP contribution in [0.4, 0.5) is 40.3 Å². The number of halogens is 1. The average Bonchev–Trinajstić information content (AvgIpc) is 3.36. The van der Waals surface area contributed by atoms with Crippen LogP contribution in [-0.4, -0.2) is 127 Å². The summed E-state index contributed by atoms with van der Waals surface area (Å²) in [6, 6.07) is 18.1. The molecule has 0 bridgehead atoms. The molecule has 0 spiro atoms. The number of aromatic nitrogens is 3. The van der Waals surface area contributed by atoms with Crippen LogP contribution in [-0.2, 0) is 74.3 Å². The molecule has 0 unspecified atom stereocenters. The first-order valence-electron chi connectivity index (χ1n) is 21.2. The van der Waals surface area contributed by atoms with Gasteiger partial charge in [0.25, 0.3) is 30.4 Å². The molecule has 0 saturated heterocycles. The first kappa shape index (κ1) is 64.7. The Bertz CT molecular complexity index is 4150. The van der Waals surface area contributed by atoms with Gasteiger partial charge in [0.05, 0.1) is 43.3 Å². The number of azo groups is 2. The Kier molecular flexibility index (Phi) is 20.6. The molecule has 39 heteroatoms. The van der Waals surface area contributed by atoms with Crippen molar-refractivity contribution >= 4 is 126 Å². The number of aromatic carboxylic acids is 1. The molecule has 0 aliphatic heterocycles. The Labute approximate surface area is 484 Å². The number of carboxylic acids is 1. The number of nitrogens with zero attached hydrogens (tertiary/aromatic N) is 9. The van der Waals surface area contributed by atoms with Crippen molar-refractivity contribution in [2.45, 2.75) is 24.5 Å².